The van der Waals surface area contributed by atoms with Crippen LogP contribution in [-0.2, 0) is 24.0 Å². The molecule has 1 amide bonds. The molecule has 0 N–H and O–H groups in total. The molecule has 5 atom stereocenters. The number of nitrogens with zero attached hydrogens (tertiary/aromatic N) is 1. The van der Waals surface area contributed by atoms with Gasteiger partial charge < -0.3 is 4.90 Å². The standard InChI is InChI=1S/C31H49NO5/c1-18(33)27(36)20(13-19-11-10-12-19)14-24(35)26-25-23(31(25,8)9)17-32(26)28(37)22(30(5,6)7)15-21(34)16-29(2,3)4/h19-20,22-23,25-26H,10-17H2,1-9H3/t20?,22-,23+,25+,26-/m1/s1. The van der Waals surface area contributed by atoms with Crippen molar-refractivity contribution in [3.05, 3.63) is 0 Å². The monoisotopic (exact) mass is 515 g/mol. The minimum atomic E-state index is -0.597. The number of Topliss-reactive ketones (excluding diaryl/α,β-unsaturated/α-hetero) is 4. The molecule has 0 aromatic rings. The first-order chi connectivity index (χ1) is 16.8. The van der Waals surface area contributed by atoms with Gasteiger partial charge >= 0.3 is 0 Å². The van der Waals surface area contributed by atoms with Crippen LogP contribution in [0.5, 0.6) is 0 Å². The minimum Gasteiger partial charge on any atom is -0.332 e. The normalized spacial score (nSPS) is 26.6. The van der Waals surface area contributed by atoms with Crippen LogP contribution in [-0.4, -0.2) is 46.5 Å². The number of likely N-dealkylation sites (tertiary alicyclic amines) is 1. The van der Waals surface area contributed by atoms with E-state index in [4.69, 9.17) is 0 Å². The number of hydrogen-bond acceptors (Lipinski definition) is 5. The van der Waals surface area contributed by atoms with Gasteiger partial charge in [-0.15, -0.1) is 0 Å². The molecule has 0 spiro atoms. The summed E-state index contributed by atoms with van der Waals surface area (Å²) in [6.45, 7) is 18.1. The zero-order valence-electron chi connectivity index (χ0n) is 24.6. The van der Waals surface area contributed by atoms with E-state index in [2.05, 4.69) is 13.8 Å². The van der Waals surface area contributed by atoms with Crippen LogP contribution in [0.2, 0.25) is 0 Å². The Bertz CT molecular complexity index is 946. The molecule has 0 aromatic heterocycles. The first kappa shape index (κ1) is 29.7. The maximum absolute atomic E-state index is 14.0. The molecule has 6 nitrogen and oxygen atoms in total. The molecule has 1 saturated heterocycles. The lowest BCUT2D eigenvalue weighted by molar-refractivity contribution is -0.148. The molecule has 0 bridgehead atoms. The van der Waals surface area contributed by atoms with E-state index in [1.807, 2.05) is 41.5 Å². The highest BCUT2D eigenvalue weighted by Gasteiger charge is 2.69. The molecule has 3 aliphatic rings. The maximum Gasteiger partial charge on any atom is 0.227 e. The Kier molecular flexibility index (Phi) is 8.33. The number of hydrogen-bond donors (Lipinski definition) is 0. The van der Waals surface area contributed by atoms with Gasteiger partial charge in [0.05, 0.1) is 6.04 Å². The lowest BCUT2D eigenvalue weighted by Gasteiger charge is -2.38. The Balaban J connectivity index is 1.83. The van der Waals surface area contributed by atoms with E-state index in [0.29, 0.717) is 25.3 Å². The average Bonchev–Trinajstić information content (AvgIpc) is 3.06. The van der Waals surface area contributed by atoms with Crippen molar-refractivity contribution >= 4 is 29.0 Å². The van der Waals surface area contributed by atoms with E-state index in [9.17, 15) is 24.0 Å². The van der Waals surface area contributed by atoms with Gasteiger partial charge in [-0.05, 0) is 40.4 Å². The number of ketones is 4. The van der Waals surface area contributed by atoms with Crippen molar-refractivity contribution in [2.24, 2.45) is 45.8 Å². The second-order valence-electron chi connectivity index (χ2n) is 15.1. The van der Waals surface area contributed by atoms with E-state index in [0.717, 1.165) is 19.3 Å². The van der Waals surface area contributed by atoms with Gasteiger partial charge in [0.25, 0.3) is 0 Å². The second kappa shape index (κ2) is 10.4. The van der Waals surface area contributed by atoms with Gasteiger partial charge in [0.1, 0.15) is 5.78 Å². The molecule has 0 radical (unpaired) electrons. The summed E-state index contributed by atoms with van der Waals surface area (Å²) in [6, 6.07) is -0.585. The largest absolute Gasteiger partial charge is 0.332 e. The summed E-state index contributed by atoms with van der Waals surface area (Å²) in [7, 11) is 0. The predicted octanol–water partition coefficient (Wildman–Crippen LogP) is 5.45. The smallest absolute Gasteiger partial charge is 0.227 e. The van der Waals surface area contributed by atoms with Crippen LogP contribution >= 0.6 is 0 Å². The fourth-order valence-electron chi connectivity index (χ4n) is 6.80. The molecule has 3 rings (SSSR count). The van der Waals surface area contributed by atoms with E-state index in [1.165, 1.54) is 6.92 Å². The summed E-state index contributed by atoms with van der Waals surface area (Å²) in [5.74, 6) is -1.51. The molecule has 1 heterocycles. The van der Waals surface area contributed by atoms with Crippen molar-refractivity contribution in [1.29, 1.82) is 0 Å². The Morgan fingerprint density at radius 3 is 2.00 bits per heavy atom. The molecule has 2 aliphatic carbocycles. The Morgan fingerprint density at radius 1 is 0.946 bits per heavy atom. The number of piperidine rings is 1. The lowest BCUT2D eigenvalue weighted by Crippen LogP contribution is -2.51. The van der Waals surface area contributed by atoms with Crippen molar-refractivity contribution in [3.63, 3.8) is 0 Å². The van der Waals surface area contributed by atoms with Crippen molar-refractivity contribution in [1.82, 2.24) is 4.90 Å². The maximum atomic E-state index is 14.0. The Morgan fingerprint density at radius 2 is 1.54 bits per heavy atom. The average molecular weight is 516 g/mol. The second-order valence-corrected chi connectivity index (χ2v) is 15.1. The predicted molar refractivity (Wildman–Crippen MR) is 144 cm³/mol. The topological polar surface area (TPSA) is 88.6 Å². The van der Waals surface area contributed by atoms with Gasteiger partial charge in [0, 0.05) is 44.6 Å². The highest BCUT2D eigenvalue weighted by atomic mass is 16.2. The van der Waals surface area contributed by atoms with E-state index >= 15 is 0 Å². The van der Waals surface area contributed by atoms with Gasteiger partial charge in [-0.1, -0.05) is 74.7 Å². The highest BCUT2D eigenvalue weighted by Crippen LogP contribution is 2.65. The van der Waals surface area contributed by atoms with Gasteiger partial charge in [-0.3, -0.25) is 24.0 Å². The Hall–Kier alpha value is -1.85. The van der Waals surface area contributed by atoms with Crippen molar-refractivity contribution < 1.29 is 24.0 Å². The number of amides is 1. The first-order valence-electron chi connectivity index (χ1n) is 14.2. The third-order valence-electron chi connectivity index (χ3n) is 9.33. The molecule has 2 saturated carbocycles. The third-order valence-corrected chi connectivity index (χ3v) is 9.33. The van der Waals surface area contributed by atoms with Crippen LogP contribution in [0.15, 0.2) is 0 Å². The fourth-order valence-corrected chi connectivity index (χ4v) is 6.80. The van der Waals surface area contributed by atoms with Crippen LogP contribution < -0.4 is 0 Å². The van der Waals surface area contributed by atoms with Crippen LogP contribution in [0.4, 0.5) is 0 Å². The molecule has 0 aromatic carbocycles. The van der Waals surface area contributed by atoms with Gasteiger partial charge in [-0.2, -0.15) is 0 Å². The number of rotatable bonds is 11. The SMILES string of the molecule is CC(=O)C(=O)C(CC(=O)[C@@H]1[C@@H]2[C@H](CN1C(=O)[C@@H](CC(=O)CC(C)(C)C)C(C)(C)C)C2(C)C)CC1CCC1. The number of fused-ring (bicyclic) bond motifs is 1. The summed E-state index contributed by atoms with van der Waals surface area (Å²) in [5.41, 5.74) is -0.624. The van der Waals surface area contributed by atoms with Crippen LogP contribution in [0.3, 0.4) is 0 Å². The summed E-state index contributed by atoms with van der Waals surface area (Å²) < 4.78 is 0. The van der Waals surface area contributed by atoms with Crippen LogP contribution in [0.25, 0.3) is 0 Å². The molecule has 3 fully saturated rings. The van der Waals surface area contributed by atoms with Crippen molar-refractivity contribution in [2.75, 3.05) is 6.54 Å². The number of carbonyl (C=O) groups is 5. The molecule has 208 valence electrons. The Labute approximate surface area is 223 Å². The zero-order valence-corrected chi connectivity index (χ0v) is 24.6. The van der Waals surface area contributed by atoms with Crippen LogP contribution in [0, 0.1) is 45.8 Å². The third kappa shape index (κ3) is 6.60. The molecular formula is C31H49NO5. The first-order valence-corrected chi connectivity index (χ1v) is 14.2. The summed E-state index contributed by atoms with van der Waals surface area (Å²) >= 11 is 0. The molecular weight excluding hydrogens is 466 g/mol. The summed E-state index contributed by atoms with van der Waals surface area (Å²) in [5, 5.41) is 0. The van der Waals surface area contributed by atoms with Gasteiger partial charge in [-0.25, -0.2) is 0 Å². The van der Waals surface area contributed by atoms with E-state index in [1.54, 1.807) is 4.90 Å². The molecule has 1 aliphatic heterocycles. The van der Waals surface area contributed by atoms with Gasteiger partial charge in [0.2, 0.25) is 11.7 Å². The van der Waals surface area contributed by atoms with Crippen LogP contribution in [0.1, 0.15) is 107 Å². The van der Waals surface area contributed by atoms with Crippen molar-refractivity contribution in [2.45, 2.75) is 113 Å². The van der Waals surface area contributed by atoms with Gasteiger partial charge in [0.15, 0.2) is 11.6 Å². The lowest BCUT2D eigenvalue weighted by atomic mass is 9.74. The quantitative estimate of drug-likeness (QED) is 0.341. The van der Waals surface area contributed by atoms with E-state index < -0.39 is 34.9 Å². The molecule has 6 heteroatoms. The fraction of sp³-hybridized carbons (Fsp3) is 0.839. The molecule has 1 unspecified atom stereocenters. The number of carbonyl (C=O) groups excluding carboxylic acids is 5. The molecule has 37 heavy (non-hydrogen) atoms. The summed E-state index contributed by atoms with van der Waals surface area (Å²) in [4.78, 5) is 67.3. The minimum absolute atomic E-state index is 0.0196. The highest BCUT2D eigenvalue weighted by molar-refractivity contribution is 6.37. The van der Waals surface area contributed by atoms with E-state index in [-0.39, 0.29) is 53.0 Å². The summed E-state index contributed by atoms with van der Waals surface area (Å²) in [6.07, 6.45) is 4.38. The zero-order chi connectivity index (χ0) is 28.1. The van der Waals surface area contributed by atoms with Crippen molar-refractivity contribution in [3.8, 4) is 0 Å².